The van der Waals surface area contributed by atoms with Crippen LogP contribution in [0.15, 0.2) is 0 Å². The molecule has 1 saturated carbocycles. The molecule has 0 aromatic carbocycles. The number of nitrogens with zero attached hydrogens (tertiary/aromatic N) is 1. The van der Waals surface area contributed by atoms with E-state index in [2.05, 4.69) is 17.1 Å². The number of piperidine rings is 1. The number of hydrogen-bond acceptors (Lipinski definition) is 2. The van der Waals surface area contributed by atoms with Crippen LogP contribution in [0.2, 0.25) is 0 Å². The summed E-state index contributed by atoms with van der Waals surface area (Å²) in [4.78, 5) is 2.61. The van der Waals surface area contributed by atoms with Gasteiger partial charge in [-0.3, -0.25) is 0 Å². The van der Waals surface area contributed by atoms with Gasteiger partial charge in [0, 0.05) is 18.6 Å². The van der Waals surface area contributed by atoms with Crippen LogP contribution in [-0.2, 0) is 0 Å². The number of rotatable bonds is 4. The fourth-order valence-electron chi connectivity index (χ4n) is 2.29. The summed E-state index contributed by atoms with van der Waals surface area (Å²) in [5, 5.41) is 3.74. The Bertz CT molecular complexity index is 152. The molecule has 0 spiro atoms. The fraction of sp³-hybridized carbons (Fsp3) is 1.00. The van der Waals surface area contributed by atoms with Crippen molar-refractivity contribution in [1.82, 2.24) is 10.2 Å². The first-order chi connectivity index (χ1) is 6.38. The van der Waals surface area contributed by atoms with Crippen molar-refractivity contribution in [3.63, 3.8) is 0 Å². The van der Waals surface area contributed by atoms with Crippen molar-refractivity contribution >= 4 is 0 Å². The first kappa shape index (κ1) is 9.47. The van der Waals surface area contributed by atoms with Gasteiger partial charge in [-0.25, -0.2) is 0 Å². The maximum absolute atomic E-state index is 3.74. The second-order valence-corrected chi connectivity index (χ2v) is 4.58. The molecule has 0 radical (unpaired) electrons. The summed E-state index contributed by atoms with van der Waals surface area (Å²) < 4.78 is 0. The van der Waals surface area contributed by atoms with Crippen LogP contribution < -0.4 is 5.32 Å². The highest BCUT2D eigenvalue weighted by Gasteiger charge is 2.27. The number of nitrogens with one attached hydrogen (secondary N) is 1. The molecular formula is C11H22N2. The van der Waals surface area contributed by atoms with Crippen molar-refractivity contribution in [2.45, 2.75) is 51.1 Å². The summed E-state index contributed by atoms with van der Waals surface area (Å²) >= 11 is 0. The maximum atomic E-state index is 3.74. The van der Waals surface area contributed by atoms with E-state index in [-0.39, 0.29) is 0 Å². The van der Waals surface area contributed by atoms with Crippen molar-refractivity contribution in [1.29, 1.82) is 0 Å². The van der Waals surface area contributed by atoms with Crippen LogP contribution in [0, 0.1) is 0 Å². The van der Waals surface area contributed by atoms with Gasteiger partial charge in [0.15, 0.2) is 0 Å². The van der Waals surface area contributed by atoms with E-state index in [1.54, 1.807) is 0 Å². The highest BCUT2D eigenvalue weighted by atomic mass is 15.2. The lowest BCUT2D eigenvalue weighted by molar-refractivity contribution is 0.190. The minimum absolute atomic E-state index is 0.799. The molecule has 0 bridgehead atoms. The Morgan fingerprint density at radius 3 is 2.77 bits per heavy atom. The molecule has 1 saturated heterocycles. The topological polar surface area (TPSA) is 15.3 Å². The van der Waals surface area contributed by atoms with E-state index in [0.29, 0.717) is 0 Å². The molecule has 2 nitrogen and oxygen atoms in total. The van der Waals surface area contributed by atoms with Gasteiger partial charge in [-0.05, 0) is 45.2 Å². The lowest BCUT2D eigenvalue weighted by Gasteiger charge is -2.33. The average molecular weight is 182 g/mol. The lowest BCUT2D eigenvalue weighted by atomic mass is 10.1. The van der Waals surface area contributed by atoms with Crippen LogP contribution in [-0.4, -0.2) is 36.6 Å². The molecule has 1 aliphatic heterocycles. The van der Waals surface area contributed by atoms with Gasteiger partial charge in [0.25, 0.3) is 0 Å². The van der Waals surface area contributed by atoms with E-state index < -0.39 is 0 Å². The molecule has 0 aromatic heterocycles. The van der Waals surface area contributed by atoms with Crippen LogP contribution >= 0.6 is 0 Å². The van der Waals surface area contributed by atoms with Crippen molar-refractivity contribution in [2.24, 2.45) is 0 Å². The molecule has 0 aromatic rings. The molecule has 1 N–H and O–H groups in total. The third kappa shape index (κ3) is 2.96. The second kappa shape index (κ2) is 4.43. The van der Waals surface area contributed by atoms with Crippen LogP contribution in [0.5, 0.6) is 0 Å². The van der Waals surface area contributed by atoms with E-state index in [4.69, 9.17) is 0 Å². The first-order valence-electron chi connectivity index (χ1n) is 5.87. The van der Waals surface area contributed by atoms with Gasteiger partial charge in [0.1, 0.15) is 0 Å². The van der Waals surface area contributed by atoms with Crippen molar-refractivity contribution < 1.29 is 0 Å². The van der Waals surface area contributed by atoms with E-state index >= 15 is 0 Å². The molecule has 0 amide bonds. The van der Waals surface area contributed by atoms with Gasteiger partial charge < -0.3 is 10.2 Å². The van der Waals surface area contributed by atoms with Gasteiger partial charge in [-0.15, -0.1) is 0 Å². The maximum Gasteiger partial charge on any atom is 0.0198 e. The molecule has 2 fully saturated rings. The molecule has 1 heterocycles. The normalized spacial score (nSPS) is 30.7. The summed E-state index contributed by atoms with van der Waals surface area (Å²) in [6, 6.07) is 1.68. The molecule has 2 aliphatic rings. The summed E-state index contributed by atoms with van der Waals surface area (Å²) in [6.45, 7) is 6.20. The van der Waals surface area contributed by atoms with Gasteiger partial charge in [0.2, 0.25) is 0 Å². The highest BCUT2D eigenvalue weighted by molar-refractivity contribution is 4.87. The zero-order valence-corrected chi connectivity index (χ0v) is 8.76. The quantitative estimate of drug-likeness (QED) is 0.710. The number of hydrogen-bond donors (Lipinski definition) is 1. The Kier molecular flexibility index (Phi) is 3.23. The van der Waals surface area contributed by atoms with Crippen molar-refractivity contribution in [2.75, 3.05) is 19.6 Å². The third-order valence-corrected chi connectivity index (χ3v) is 3.09. The Labute approximate surface area is 81.7 Å². The Morgan fingerprint density at radius 1 is 1.23 bits per heavy atom. The van der Waals surface area contributed by atoms with Gasteiger partial charge >= 0.3 is 0 Å². The van der Waals surface area contributed by atoms with E-state index in [9.17, 15) is 0 Å². The molecule has 1 atom stereocenters. The van der Waals surface area contributed by atoms with Crippen LogP contribution in [0.1, 0.15) is 39.0 Å². The van der Waals surface area contributed by atoms with E-state index in [1.165, 1.54) is 51.7 Å². The first-order valence-corrected chi connectivity index (χ1v) is 5.87. The predicted molar refractivity (Wildman–Crippen MR) is 55.9 cm³/mol. The SMILES string of the molecule is CCCN1CCCC(NC2CC2)C1. The Balaban J connectivity index is 1.70. The van der Waals surface area contributed by atoms with E-state index in [1.807, 2.05) is 0 Å². The third-order valence-electron chi connectivity index (χ3n) is 3.09. The smallest absolute Gasteiger partial charge is 0.0198 e. The average Bonchev–Trinajstić information content (AvgIpc) is 2.90. The van der Waals surface area contributed by atoms with Crippen LogP contribution in [0.25, 0.3) is 0 Å². The second-order valence-electron chi connectivity index (χ2n) is 4.58. The minimum atomic E-state index is 0.799. The van der Waals surface area contributed by atoms with Gasteiger partial charge in [-0.2, -0.15) is 0 Å². The lowest BCUT2D eigenvalue weighted by Crippen LogP contribution is -2.46. The Hall–Kier alpha value is -0.0800. The van der Waals surface area contributed by atoms with Crippen molar-refractivity contribution in [3.05, 3.63) is 0 Å². The van der Waals surface area contributed by atoms with Crippen molar-refractivity contribution in [3.8, 4) is 0 Å². The van der Waals surface area contributed by atoms with Gasteiger partial charge in [-0.1, -0.05) is 6.92 Å². The highest BCUT2D eigenvalue weighted by Crippen LogP contribution is 2.21. The number of likely N-dealkylation sites (tertiary alicyclic amines) is 1. The monoisotopic (exact) mass is 182 g/mol. The molecule has 13 heavy (non-hydrogen) atoms. The zero-order chi connectivity index (χ0) is 9.10. The summed E-state index contributed by atoms with van der Waals surface area (Å²) in [5.74, 6) is 0. The largest absolute Gasteiger partial charge is 0.310 e. The molecular weight excluding hydrogens is 160 g/mol. The molecule has 1 unspecified atom stereocenters. The minimum Gasteiger partial charge on any atom is -0.310 e. The Morgan fingerprint density at radius 2 is 2.08 bits per heavy atom. The molecule has 2 heteroatoms. The van der Waals surface area contributed by atoms with Crippen LogP contribution in [0.3, 0.4) is 0 Å². The summed E-state index contributed by atoms with van der Waals surface area (Å²) in [6.07, 6.45) is 6.94. The summed E-state index contributed by atoms with van der Waals surface area (Å²) in [5.41, 5.74) is 0. The zero-order valence-electron chi connectivity index (χ0n) is 8.76. The van der Waals surface area contributed by atoms with Gasteiger partial charge in [0.05, 0.1) is 0 Å². The van der Waals surface area contributed by atoms with Crippen LogP contribution in [0.4, 0.5) is 0 Å². The summed E-state index contributed by atoms with van der Waals surface area (Å²) in [7, 11) is 0. The molecule has 76 valence electrons. The fourth-order valence-corrected chi connectivity index (χ4v) is 2.29. The van der Waals surface area contributed by atoms with E-state index in [0.717, 1.165) is 12.1 Å². The molecule has 2 rings (SSSR count). The molecule has 1 aliphatic carbocycles. The predicted octanol–water partition coefficient (Wildman–Crippen LogP) is 1.61. The standard InChI is InChI=1S/C11H22N2/c1-2-7-13-8-3-4-11(9-13)12-10-5-6-10/h10-12H,2-9H2,1H3.